The summed E-state index contributed by atoms with van der Waals surface area (Å²) >= 11 is 0. The maximum atomic E-state index is 6.66. The monoisotopic (exact) mass is 354 g/mol. The third-order valence-corrected chi connectivity index (χ3v) is 6.76. The molecular formula is C25H24NO+. The van der Waals surface area contributed by atoms with E-state index in [2.05, 4.69) is 78.3 Å². The number of allylic oxidation sites excluding steroid dienone is 2. The fourth-order valence-corrected chi connectivity index (χ4v) is 5.31. The minimum absolute atomic E-state index is 0.251. The standard InChI is InChI=1S/C25H24NO/c1-16-6-5-9-22-24-19(15-26(16)22)11-13-21-20-12-10-18(14-23(20)27-25(21)24)17-7-3-2-4-8-17/h2-5,7-13,16,18,20,23H,6,14-15H2,1H3/q+1. The van der Waals surface area contributed by atoms with Crippen molar-refractivity contribution in [2.24, 2.45) is 0 Å². The summed E-state index contributed by atoms with van der Waals surface area (Å²) in [6.45, 7) is 3.34. The van der Waals surface area contributed by atoms with Gasteiger partial charge in [0.2, 0.25) is 5.71 Å². The second kappa shape index (κ2) is 5.69. The molecule has 0 spiro atoms. The molecule has 3 heterocycles. The highest BCUT2D eigenvalue weighted by Gasteiger charge is 2.43. The second-order valence-electron chi connectivity index (χ2n) is 8.34. The zero-order valence-electron chi connectivity index (χ0n) is 15.6. The largest absolute Gasteiger partial charge is 0.488 e. The lowest BCUT2D eigenvalue weighted by Crippen LogP contribution is -2.27. The van der Waals surface area contributed by atoms with Crippen LogP contribution in [0.5, 0.6) is 5.75 Å². The van der Waals surface area contributed by atoms with Crippen LogP contribution >= 0.6 is 0 Å². The Morgan fingerprint density at radius 3 is 2.81 bits per heavy atom. The van der Waals surface area contributed by atoms with Crippen molar-refractivity contribution in [2.45, 2.75) is 50.3 Å². The van der Waals surface area contributed by atoms with Crippen molar-refractivity contribution in [1.29, 1.82) is 0 Å². The molecule has 0 amide bonds. The molecule has 0 bridgehead atoms. The molecule has 1 aliphatic carbocycles. The predicted molar refractivity (Wildman–Crippen MR) is 108 cm³/mol. The predicted octanol–water partition coefficient (Wildman–Crippen LogP) is 4.94. The van der Waals surface area contributed by atoms with Gasteiger partial charge in [0, 0.05) is 35.5 Å². The molecule has 2 aromatic carbocycles. The van der Waals surface area contributed by atoms with E-state index in [0.29, 0.717) is 17.9 Å². The molecule has 0 radical (unpaired) electrons. The van der Waals surface area contributed by atoms with Crippen molar-refractivity contribution in [1.82, 2.24) is 0 Å². The first-order chi connectivity index (χ1) is 13.3. The van der Waals surface area contributed by atoms with E-state index in [-0.39, 0.29) is 6.10 Å². The molecule has 3 aliphatic heterocycles. The molecule has 134 valence electrons. The highest BCUT2D eigenvalue weighted by Crippen LogP contribution is 2.49. The van der Waals surface area contributed by atoms with Gasteiger partial charge in [-0.2, -0.15) is 0 Å². The molecule has 0 aromatic heterocycles. The number of rotatable bonds is 1. The molecule has 2 nitrogen and oxygen atoms in total. The highest BCUT2D eigenvalue weighted by atomic mass is 16.5. The first-order valence-corrected chi connectivity index (χ1v) is 10.2. The average molecular weight is 354 g/mol. The maximum Gasteiger partial charge on any atom is 0.211 e. The number of hydrogen-bond acceptors (Lipinski definition) is 1. The van der Waals surface area contributed by atoms with Crippen molar-refractivity contribution in [3.05, 3.63) is 89.0 Å². The SMILES string of the molecule is CC1CC=CC2=[N+]1Cc1ccc3c(c12)OC1CC(c2ccccc2)C=CC31. The van der Waals surface area contributed by atoms with Gasteiger partial charge in [-0.15, -0.1) is 0 Å². The van der Waals surface area contributed by atoms with Crippen LogP contribution in [0.2, 0.25) is 0 Å². The molecule has 4 unspecified atom stereocenters. The van der Waals surface area contributed by atoms with E-state index in [4.69, 9.17) is 4.74 Å². The molecule has 4 aliphatic rings. The van der Waals surface area contributed by atoms with Crippen molar-refractivity contribution in [2.75, 3.05) is 0 Å². The molecular weight excluding hydrogens is 330 g/mol. The van der Waals surface area contributed by atoms with Crippen molar-refractivity contribution < 1.29 is 9.31 Å². The van der Waals surface area contributed by atoms with Crippen LogP contribution in [0, 0.1) is 0 Å². The minimum Gasteiger partial charge on any atom is -0.488 e. The Morgan fingerprint density at radius 2 is 1.93 bits per heavy atom. The molecule has 27 heavy (non-hydrogen) atoms. The molecule has 0 saturated carbocycles. The van der Waals surface area contributed by atoms with Gasteiger partial charge >= 0.3 is 0 Å². The topological polar surface area (TPSA) is 12.2 Å². The number of fused-ring (bicyclic) bond motifs is 6. The van der Waals surface area contributed by atoms with Gasteiger partial charge in [0.1, 0.15) is 11.9 Å². The number of benzene rings is 2. The summed E-state index contributed by atoms with van der Waals surface area (Å²) in [7, 11) is 0. The van der Waals surface area contributed by atoms with Crippen LogP contribution in [0.4, 0.5) is 0 Å². The fraction of sp³-hybridized carbons (Fsp3) is 0.320. The molecule has 6 rings (SSSR count). The Kier molecular flexibility index (Phi) is 3.26. The van der Waals surface area contributed by atoms with Crippen molar-refractivity contribution in [3.63, 3.8) is 0 Å². The van der Waals surface area contributed by atoms with Crippen LogP contribution in [0.25, 0.3) is 0 Å². The summed E-state index contributed by atoms with van der Waals surface area (Å²) in [4.78, 5) is 0. The summed E-state index contributed by atoms with van der Waals surface area (Å²) in [5, 5.41) is 0. The van der Waals surface area contributed by atoms with Gasteiger partial charge in [-0.25, -0.2) is 4.58 Å². The normalized spacial score (nSPS) is 29.8. The Balaban J connectivity index is 1.39. The van der Waals surface area contributed by atoms with E-state index in [1.165, 1.54) is 28.0 Å². The van der Waals surface area contributed by atoms with Crippen LogP contribution in [-0.4, -0.2) is 22.4 Å². The van der Waals surface area contributed by atoms with Crippen LogP contribution in [0.15, 0.2) is 66.8 Å². The molecule has 0 saturated heterocycles. The Morgan fingerprint density at radius 1 is 1.04 bits per heavy atom. The van der Waals surface area contributed by atoms with Crippen LogP contribution in [0.3, 0.4) is 0 Å². The zero-order valence-corrected chi connectivity index (χ0v) is 15.6. The summed E-state index contributed by atoms with van der Waals surface area (Å²) < 4.78 is 9.20. The van der Waals surface area contributed by atoms with Gasteiger partial charge in [-0.05, 0) is 18.9 Å². The Labute approximate surface area is 160 Å². The minimum atomic E-state index is 0.251. The van der Waals surface area contributed by atoms with Gasteiger partial charge in [0.15, 0.2) is 12.6 Å². The Hall–Kier alpha value is -2.61. The van der Waals surface area contributed by atoms with Gasteiger partial charge in [0.25, 0.3) is 0 Å². The van der Waals surface area contributed by atoms with Crippen LogP contribution in [-0.2, 0) is 6.54 Å². The number of ether oxygens (including phenoxy) is 1. The van der Waals surface area contributed by atoms with Gasteiger partial charge in [-0.3, -0.25) is 0 Å². The summed E-state index contributed by atoms with van der Waals surface area (Å²) in [6, 6.07) is 16.0. The van der Waals surface area contributed by atoms with E-state index in [1.807, 2.05) is 0 Å². The van der Waals surface area contributed by atoms with E-state index in [1.54, 1.807) is 0 Å². The average Bonchev–Trinajstić information content (AvgIpc) is 3.27. The zero-order chi connectivity index (χ0) is 18.0. The third-order valence-electron chi connectivity index (χ3n) is 6.76. The van der Waals surface area contributed by atoms with Gasteiger partial charge in [-0.1, -0.05) is 60.7 Å². The first-order valence-electron chi connectivity index (χ1n) is 10.2. The molecule has 2 heteroatoms. The fourth-order valence-electron chi connectivity index (χ4n) is 5.31. The second-order valence-corrected chi connectivity index (χ2v) is 8.34. The number of nitrogens with zero attached hydrogens (tertiary/aromatic N) is 1. The first kappa shape index (κ1) is 15.4. The van der Waals surface area contributed by atoms with Crippen molar-refractivity contribution in [3.8, 4) is 5.75 Å². The van der Waals surface area contributed by atoms with E-state index >= 15 is 0 Å². The quantitative estimate of drug-likeness (QED) is 0.522. The smallest absolute Gasteiger partial charge is 0.211 e. The summed E-state index contributed by atoms with van der Waals surface area (Å²) in [5.74, 6) is 2.00. The third kappa shape index (κ3) is 2.22. The van der Waals surface area contributed by atoms with Gasteiger partial charge in [0.05, 0.1) is 5.56 Å². The van der Waals surface area contributed by atoms with Crippen LogP contribution < -0.4 is 4.74 Å². The molecule has 2 aromatic rings. The lowest BCUT2D eigenvalue weighted by molar-refractivity contribution is -0.573. The lowest BCUT2D eigenvalue weighted by atomic mass is 9.80. The molecule has 0 N–H and O–H groups in total. The summed E-state index contributed by atoms with van der Waals surface area (Å²) in [5.41, 5.74) is 6.91. The van der Waals surface area contributed by atoms with Crippen molar-refractivity contribution >= 4 is 5.71 Å². The Bertz CT molecular complexity index is 1010. The van der Waals surface area contributed by atoms with Gasteiger partial charge < -0.3 is 4.74 Å². The van der Waals surface area contributed by atoms with E-state index < -0.39 is 0 Å². The summed E-state index contributed by atoms with van der Waals surface area (Å²) in [6.07, 6.45) is 11.8. The van der Waals surface area contributed by atoms with E-state index in [0.717, 1.165) is 25.1 Å². The molecule has 4 atom stereocenters. The van der Waals surface area contributed by atoms with E-state index in [9.17, 15) is 0 Å². The highest BCUT2D eigenvalue weighted by molar-refractivity contribution is 6.10. The maximum absolute atomic E-state index is 6.66. The number of hydrogen-bond donors (Lipinski definition) is 0. The molecule has 0 fully saturated rings. The van der Waals surface area contributed by atoms with Crippen LogP contribution in [0.1, 0.15) is 53.9 Å². The lowest BCUT2D eigenvalue weighted by Gasteiger charge is -2.26.